The van der Waals surface area contributed by atoms with Crippen molar-refractivity contribution in [2.75, 3.05) is 5.75 Å². The lowest BCUT2D eigenvalue weighted by molar-refractivity contribution is -0.119. The number of amides is 1. The first-order valence-corrected chi connectivity index (χ1v) is 10.3. The highest BCUT2D eigenvalue weighted by molar-refractivity contribution is 7.99. The van der Waals surface area contributed by atoms with Gasteiger partial charge in [0.2, 0.25) is 5.91 Å². The molecular weight excluding hydrogens is 364 g/mol. The highest BCUT2D eigenvalue weighted by Crippen LogP contribution is 2.25. The average Bonchev–Trinajstić information content (AvgIpc) is 3.25. The maximum absolute atomic E-state index is 12.3. The summed E-state index contributed by atoms with van der Waals surface area (Å²) in [6, 6.07) is 10.3. The lowest BCUT2D eigenvalue weighted by atomic mass is 10.1. The van der Waals surface area contributed by atoms with Crippen LogP contribution in [-0.4, -0.2) is 26.4 Å². The van der Waals surface area contributed by atoms with E-state index in [1.165, 1.54) is 17.3 Å². The lowest BCUT2D eigenvalue weighted by Crippen LogP contribution is -2.27. The van der Waals surface area contributed by atoms with E-state index >= 15 is 0 Å². The zero-order valence-corrected chi connectivity index (χ0v) is 16.9. The Morgan fingerprint density at radius 1 is 1.27 bits per heavy atom. The molecule has 7 heteroatoms. The number of thiophene rings is 1. The van der Waals surface area contributed by atoms with Crippen LogP contribution in [0.25, 0.3) is 5.69 Å². The van der Waals surface area contributed by atoms with Gasteiger partial charge in [0.25, 0.3) is 0 Å². The highest BCUT2D eigenvalue weighted by atomic mass is 32.2. The van der Waals surface area contributed by atoms with E-state index in [1.54, 1.807) is 11.3 Å². The number of aromatic nitrogens is 3. The molecule has 0 aliphatic carbocycles. The highest BCUT2D eigenvalue weighted by Gasteiger charge is 2.16. The summed E-state index contributed by atoms with van der Waals surface area (Å²) in [5.41, 5.74) is 3.38. The van der Waals surface area contributed by atoms with Gasteiger partial charge < -0.3 is 5.32 Å². The minimum absolute atomic E-state index is 0.0101. The first-order chi connectivity index (χ1) is 12.5. The molecule has 1 atom stereocenters. The number of nitrogens with zero attached hydrogens (tertiary/aromatic N) is 3. The molecule has 2 heterocycles. The summed E-state index contributed by atoms with van der Waals surface area (Å²) in [5.74, 6) is 1.11. The largest absolute Gasteiger partial charge is 0.348 e. The zero-order chi connectivity index (χ0) is 18.7. The van der Waals surface area contributed by atoms with Crippen molar-refractivity contribution in [3.63, 3.8) is 0 Å². The van der Waals surface area contributed by atoms with Crippen molar-refractivity contribution in [3.8, 4) is 5.69 Å². The summed E-state index contributed by atoms with van der Waals surface area (Å²) >= 11 is 3.05. The summed E-state index contributed by atoms with van der Waals surface area (Å²) in [7, 11) is 0. The fraction of sp³-hybridized carbons (Fsp3) is 0.316. The van der Waals surface area contributed by atoms with E-state index < -0.39 is 0 Å². The average molecular weight is 387 g/mol. The Balaban J connectivity index is 1.71. The van der Waals surface area contributed by atoms with Gasteiger partial charge >= 0.3 is 0 Å². The van der Waals surface area contributed by atoms with Gasteiger partial charge in [-0.2, -0.15) is 0 Å². The SMILES string of the molecule is Cc1ccc(C)c(-n2c(C)nnc2SCC(=O)NC(C)c2cccs2)c1. The van der Waals surface area contributed by atoms with Gasteiger partial charge in [-0.1, -0.05) is 30.0 Å². The Kier molecular flexibility index (Phi) is 5.78. The summed E-state index contributed by atoms with van der Waals surface area (Å²) in [6.45, 7) is 8.06. The van der Waals surface area contributed by atoms with Gasteiger partial charge in [0.1, 0.15) is 5.82 Å². The predicted molar refractivity (Wildman–Crippen MR) is 107 cm³/mol. The van der Waals surface area contributed by atoms with Crippen LogP contribution in [0.4, 0.5) is 0 Å². The van der Waals surface area contributed by atoms with Crippen molar-refractivity contribution in [1.82, 2.24) is 20.1 Å². The number of hydrogen-bond donors (Lipinski definition) is 1. The van der Waals surface area contributed by atoms with Gasteiger partial charge in [-0.3, -0.25) is 9.36 Å². The molecule has 0 radical (unpaired) electrons. The van der Waals surface area contributed by atoms with Crippen LogP contribution in [0.3, 0.4) is 0 Å². The van der Waals surface area contributed by atoms with Crippen LogP contribution in [0.5, 0.6) is 0 Å². The fourth-order valence-corrected chi connectivity index (χ4v) is 4.23. The molecule has 0 saturated heterocycles. The van der Waals surface area contributed by atoms with E-state index in [2.05, 4.69) is 47.6 Å². The van der Waals surface area contributed by atoms with Crippen LogP contribution in [0.1, 0.15) is 34.8 Å². The van der Waals surface area contributed by atoms with E-state index in [0.717, 1.165) is 27.1 Å². The van der Waals surface area contributed by atoms with E-state index in [4.69, 9.17) is 0 Å². The maximum atomic E-state index is 12.3. The van der Waals surface area contributed by atoms with Crippen molar-refractivity contribution in [2.24, 2.45) is 0 Å². The van der Waals surface area contributed by atoms with Gasteiger partial charge in [-0.05, 0) is 56.3 Å². The van der Waals surface area contributed by atoms with Crippen molar-refractivity contribution < 1.29 is 4.79 Å². The molecule has 136 valence electrons. The quantitative estimate of drug-likeness (QED) is 0.644. The third kappa shape index (κ3) is 4.16. The number of carbonyl (C=O) groups is 1. The van der Waals surface area contributed by atoms with Crippen LogP contribution in [0, 0.1) is 20.8 Å². The number of nitrogens with one attached hydrogen (secondary N) is 1. The van der Waals surface area contributed by atoms with Crippen LogP contribution >= 0.6 is 23.1 Å². The number of carbonyl (C=O) groups excluding carboxylic acids is 1. The Bertz CT molecular complexity index is 902. The van der Waals surface area contributed by atoms with E-state index in [1.807, 2.05) is 35.9 Å². The topological polar surface area (TPSA) is 59.8 Å². The fourth-order valence-electron chi connectivity index (χ4n) is 2.70. The number of thioether (sulfide) groups is 1. The Morgan fingerprint density at radius 3 is 2.81 bits per heavy atom. The molecule has 0 saturated carbocycles. The van der Waals surface area contributed by atoms with E-state index in [0.29, 0.717) is 5.75 Å². The molecule has 0 aliphatic heterocycles. The van der Waals surface area contributed by atoms with Gasteiger partial charge in [0.05, 0.1) is 17.5 Å². The maximum Gasteiger partial charge on any atom is 0.230 e. The van der Waals surface area contributed by atoms with Crippen LogP contribution in [0.2, 0.25) is 0 Å². The Hall–Kier alpha value is -2.12. The van der Waals surface area contributed by atoms with Crippen molar-refractivity contribution in [3.05, 3.63) is 57.5 Å². The molecular formula is C19H22N4OS2. The molecule has 0 spiro atoms. The number of rotatable bonds is 6. The normalized spacial score (nSPS) is 12.2. The summed E-state index contributed by atoms with van der Waals surface area (Å²) in [4.78, 5) is 13.5. The smallest absolute Gasteiger partial charge is 0.230 e. The van der Waals surface area contributed by atoms with Gasteiger partial charge in [0.15, 0.2) is 5.16 Å². The first-order valence-electron chi connectivity index (χ1n) is 8.41. The molecule has 5 nitrogen and oxygen atoms in total. The number of aryl methyl sites for hydroxylation is 3. The Labute approximate surface area is 161 Å². The second kappa shape index (κ2) is 8.05. The molecule has 1 amide bonds. The molecule has 1 N–H and O–H groups in total. The van der Waals surface area contributed by atoms with Crippen molar-refractivity contribution >= 4 is 29.0 Å². The van der Waals surface area contributed by atoms with Gasteiger partial charge in [0, 0.05) is 4.88 Å². The summed E-state index contributed by atoms with van der Waals surface area (Å²) < 4.78 is 2.02. The zero-order valence-electron chi connectivity index (χ0n) is 15.3. The number of hydrogen-bond acceptors (Lipinski definition) is 5. The third-order valence-electron chi connectivity index (χ3n) is 4.08. The summed E-state index contributed by atoms with van der Waals surface area (Å²) in [5, 5.41) is 14.2. The molecule has 3 aromatic rings. The van der Waals surface area contributed by atoms with Gasteiger partial charge in [-0.15, -0.1) is 21.5 Å². The van der Waals surface area contributed by atoms with Crippen LogP contribution in [0.15, 0.2) is 40.9 Å². The molecule has 2 aromatic heterocycles. The minimum atomic E-state index is -0.0101. The van der Waals surface area contributed by atoms with Crippen LogP contribution < -0.4 is 5.32 Å². The van der Waals surface area contributed by atoms with Crippen molar-refractivity contribution in [2.45, 2.75) is 38.9 Å². The number of benzene rings is 1. The monoisotopic (exact) mass is 386 g/mol. The minimum Gasteiger partial charge on any atom is -0.348 e. The van der Waals surface area contributed by atoms with Crippen LogP contribution in [-0.2, 0) is 4.79 Å². The van der Waals surface area contributed by atoms with E-state index in [9.17, 15) is 4.79 Å². The lowest BCUT2D eigenvalue weighted by Gasteiger charge is -2.13. The second-order valence-corrected chi connectivity index (χ2v) is 8.17. The third-order valence-corrected chi connectivity index (χ3v) is 6.06. The standard InChI is InChI=1S/C19H22N4OS2/c1-12-7-8-13(2)16(10-12)23-15(4)21-22-19(23)26-11-18(24)20-14(3)17-6-5-9-25-17/h5-10,14H,11H2,1-4H3,(H,20,24). The van der Waals surface area contributed by atoms with Crippen molar-refractivity contribution in [1.29, 1.82) is 0 Å². The molecule has 0 fully saturated rings. The molecule has 0 bridgehead atoms. The first kappa shape index (κ1) is 18.7. The predicted octanol–water partition coefficient (Wildman–Crippen LogP) is 4.22. The molecule has 1 aromatic carbocycles. The Morgan fingerprint density at radius 2 is 2.08 bits per heavy atom. The van der Waals surface area contributed by atoms with Gasteiger partial charge in [-0.25, -0.2) is 0 Å². The van der Waals surface area contributed by atoms with E-state index in [-0.39, 0.29) is 11.9 Å². The molecule has 26 heavy (non-hydrogen) atoms. The second-order valence-electron chi connectivity index (χ2n) is 6.25. The molecule has 3 rings (SSSR count). The summed E-state index contributed by atoms with van der Waals surface area (Å²) in [6.07, 6.45) is 0. The molecule has 0 aliphatic rings. The molecule has 1 unspecified atom stereocenters.